The van der Waals surface area contributed by atoms with Gasteiger partial charge in [0.1, 0.15) is 11.7 Å². The van der Waals surface area contributed by atoms with Gasteiger partial charge in [0.15, 0.2) is 5.76 Å². The molecule has 25 heavy (non-hydrogen) atoms. The molecule has 9 heteroatoms. The number of amides is 3. The van der Waals surface area contributed by atoms with Gasteiger partial charge in [0, 0.05) is 44.2 Å². The molecule has 2 aliphatic heterocycles. The molecule has 0 fully saturated rings. The van der Waals surface area contributed by atoms with Crippen molar-refractivity contribution in [1.29, 1.82) is 0 Å². The Hall–Kier alpha value is -2.84. The van der Waals surface area contributed by atoms with Gasteiger partial charge in [0.2, 0.25) is 0 Å². The molecular weight excluding hydrogens is 324 g/mol. The van der Waals surface area contributed by atoms with Crippen LogP contribution in [0.2, 0.25) is 0 Å². The Labute approximate surface area is 144 Å². The van der Waals surface area contributed by atoms with Crippen molar-refractivity contribution in [2.45, 2.75) is 38.4 Å². The first kappa shape index (κ1) is 15.7. The molecule has 2 aliphatic rings. The predicted octanol–water partition coefficient (Wildman–Crippen LogP) is 0.761. The van der Waals surface area contributed by atoms with Crippen LogP contribution in [0.3, 0.4) is 0 Å². The van der Waals surface area contributed by atoms with E-state index < -0.39 is 12.1 Å². The third-order valence-electron chi connectivity index (χ3n) is 4.98. The number of primary amides is 1. The summed E-state index contributed by atoms with van der Waals surface area (Å²) in [5.74, 6) is 0.372. The summed E-state index contributed by atoms with van der Waals surface area (Å²) in [4.78, 5) is 28.3. The van der Waals surface area contributed by atoms with E-state index >= 15 is 0 Å². The summed E-state index contributed by atoms with van der Waals surface area (Å²) in [6, 6.07) is 0.371. The van der Waals surface area contributed by atoms with E-state index in [1.54, 1.807) is 27.6 Å². The average molecular weight is 344 g/mol. The first-order valence-corrected chi connectivity index (χ1v) is 8.32. The number of carbonyl (C=O) groups is 2. The summed E-state index contributed by atoms with van der Waals surface area (Å²) < 4.78 is 7.11. The van der Waals surface area contributed by atoms with Gasteiger partial charge in [-0.05, 0) is 13.3 Å². The summed E-state index contributed by atoms with van der Waals surface area (Å²) in [5, 5.41) is 8.43. The fourth-order valence-electron chi connectivity index (χ4n) is 3.85. The average Bonchev–Trinajstić information content (AvgIpc) is 3.17. The van der Waals surface area contributed by atoms with E-state index in [4.69, 9.17) is 10.3 Å². The number of hydrogen-bond donors (Lipinski definition) is 1. The molecule has 2 atom stereocenters. The Balaban J connectivity index is 1.96. The molecule has 2 unspecified atom stereocenters. The number of aryl methyl sites for hydroxylation is 1. The second-order valence-corrected chi connectivity index (χ2v) is 6.63. The van der Waals surface area contributed by atoms with Crippen LogP contribution in [0.5, 0.6) is 0 Å². The van der Waals surface area contributed by atoms with Gasteiger partial charge in [-0.1, -0.05) is 5.16 Å². The fraction of sp³-hybridized carbons (Fsp3) is 0.500. The summed E-state index contributed by atoms with van der Waals surface area (Å²) in [6.07, 6.45) is 2.89. The van der Waals surface area contributed by atoms with Crippen molar-refractivity contribution < 1.29 is 14.1 Å². The Morgan fingerprint density at radius 3 is 2.88 bits per heavy atom. The number of rotatable bonds is 1. The largest absolute Gasteiger partial charge is 0.359 e. The molecule has 0 radical (unpaired) electrons. The van der Waals surface area contributed by atoms with Crippen LogP contribution in [0.4, 0.5) is 4.79 Å². The maximum atomic E-state index is 12.9. The number of nitrogens with zero attached hydrogens (tertiary/aromatic N) is 5. The number of nitrogens with two attached hydrogens (primary N) is 1. The summed E-state index contributed by atoms with van der Waals surface area (Å²) in [7, 11) is 1.78. The summed E-state index contributed by atoms with van der Waals surface area (Å²) >= 11 is 0. The topological polar surface area (TPSA) is 110 Å². The van der Waals surface area contributed by atoms with E-state index in [-0.39, 0.29) is 11.9 Å². The number of hydrogen-bond acceptors (Lipinski definition) is 5. The zero-order chi connectivity index (χ0) is 17.7. The maximum absolute atomic E-state index is 12.9. The highest BCUT2D eigenvalue weighted by molar-refractivity contribution is 5.95. The Bertz CT molecular complexity index is 827. The zero-order valence-electron chi connectivity index (χ0n) is 14.2. The van der Waals surface area contributed by atoms with Crippen LogP contribution >= 0.6 is 0 Å². The van der Waals surface area contributed by atoms with Crippen LogP contribution in [-0.2, 0) is 13.0 Å². The molecule has 0 aromatic carbocycles. The van der Waals surface area contributed by atoms with Crippen molar-refractivity contribution in [3.63, 3.8) is 0 Å². The van der Waals surface area contributed by atoms with Gasteiger partial charge in [-0.3, -0.25) is 9.48 Å². The highest BCUT2D eigenvalue weighted by Gasteiger charge is 2.43. The van der Waals surface area contributed by atoms with E-state index in [9.17, 15) is 9.59 Å². The molecule has 132 valence electrons. The molecule has 0 spiro atoms. The smallest absolute Gasteiger partial charge is 0.315 e. The molecule has 9 nitrogen and oxygen atoms in total. The first-order chi connectivity index (χ1) is 12.0. The van der Waals surface area contributed by atoms with Gasteiger partial charge in [0.05, 0.1) is 11.9 Å². The van der Waals surface area contributed by atoms with Gasteiger partial charge in [0.25, 0.3) is 5.91 Å². The number of carbonyl (C=O) groups excluding carboxylic acids is 2. The quantitative estimate of drug-likeness (QED) is 0.821. The van der Waals surface area contributed by atoms with Crippen LogP contribution in [-0.4, -0.2) is 56.3 Å². The molecule has 2 N–H and O–H groups in total. The van der Waals surface area contributed by atoms with E-state index in [1.165, 1.54) is 6.20 Å². The standard InChI is InChI=1S/C16H20N6O3/c1-9-8-10-12(13(22(9)16(17)24)11-4-5-18-25-11)14-15(23)20(2)6-3-7-21(14)19-10/h4-5,9,13H,3,6-8H2,1-2H3,(H2,17,24). The van der Waals surface area contributed by atoms with Crippen LogP contribution in [0.25, 0.3) is 0 Å². The lowest BCUT2D eigenvalue weighted by molar-refractivity contribution is 0.0790. The monoisotopic (exact) mass is 344 g/mol. The van der Waals surface area contributed by atoms with Gasteiger partial charge in [-0.25, -0.2) is 4.79 Å². The molecule has 0 saturated heterocycles. The molecule has 0 aliphatic carbocycles. The van der Waals surface area contributed by atoms with Crippen molar-refractivity contribution in [2.75, 3.05) is 13.6 Å². The second kappa shape index (κ2) is 5.61. The number of aromatic nitrogens is 3. The maximum Gasteiger partial charge on any atom is 0.315 e. The molecule has 3 amide bonds. The van der Waals surface area contributed by atoms with Crippen molar-refractivity contribution in [2.24, 2.45) is 5.73 Å². The summed E-state index contributed by atoms with van der Waals surface area (Å²) in [5.41, 5.74) is 7.67. The van der Waals surface area contributed by atoms with E-state index in [1.807, 2.05) is 6.92 Å². The predicted molar refractivity (Wildman–Crippen MR) is 86.7 cm³/mol. The normalized spacial score (nSPS) is 23.2. The van der Waals surface area contributed by atoms with Crippen LogP contribution < -0.4 is 5.73 Å². The van der Waals surface area contributed by atoms with Gasteiger partial charge in [-0.2, -0.15) is 5.10 Å². The van der Waals surface area contributed by atoms with Gasteiger partial charge >= 0.3 is 6.03 Å². The van der Waals surface area contributed by atoms with Crippen LogP contribution in [0.15, 0.2) is 16.8 Å². The molecule has 2 aromatic rings. The minimum Gasteiger partial charge on any atom is -0.359 e. The molecule has 0 saturated carbocycles. The van der Waals surface area contributed by atoms with E-state index in [0.717, 1.165) is 12.1 Å². The fourth-order valence-corrected chi connectivity index (χ4v) is 3.85. The van der Waals surface area contributed by atoms with E-state index in [0.29, 0.717) is 36.5 Å². The third-order valence-corrected chi connectivity index (χ3v) is 4.98. The molecule has 4 heterocycles. The lowest BCUT2D eigenvalue weighted by atomic mass is 9.90. The van der Waals surface area contributed by atoms with Gasteiger partial charge in [-0.15, -0.1) is 0 Å². The van der Waals surface area contributed by atoms with Crippen molar-refractivity contribution in [3.8, 4) is 0 Å². The Morgan fingerprint density at radius 1 is 1.40 bits per heavy atom. The first-order valence-electron chi connectivity index (χ1n) is 8.32. The van der Waals surface area contributed by atoms with Crippen LogP contribution in [0, 0.1) is 0 Å². The molecule has 0 bridgehead atoms. The Kier molecular flexibility index (Phi) is 3.52. The Morgan fingerprint density at radius 2 is 2.20 bits per heavy atom. The van der Waals surface area contributed by atoms with Crippen molar-refractivity contribution in [1.82, 2.24) is 24.7 Å². The third kappa shape index (κ3) is 2.30. The molecule has 4 rings (SSSR count). The molecule has 2 aromatic heterocycles. The lowest BCUT2D eigenvalue weighted by Crippen LogP contribution is -2.49. The molecular formula is C16H20N6O3. The van der Waals surface area contributed by atoms with E-state index in [2.05, 4.69) is 10.3 Å². The second-order valence-electron chi connectivity index (χ2n) is 6.63. The number of urea groups is 1. The van der Waals surface area contributed by atoms with Crippen molar-refractivity contribution >= 4 is 11.9 Å². The highest BCUT2D eigenvalue weighted by atomic mass is 16.5. The SMILES string of the molecule is CC1Cc2nn3c(c2C(c2ccno2)N1C(N)=O)C(=O)N(C)CCC3. The minimum absolute atomic E-state index is 0.102. The summed E-state index contributed by atoms with van der Waals surface area (Å²) in [6.45, 7) is 3.24. The van der Waals surface area contributed by atoms with Crippen molar-refractivity contribution in [3.05, 3.63) is 35.0 Å². The van der Waals surface area contributed by atoms with Crippen LogP contribution in [0.1, 0.15) is 46.9 Å². The van der Waals surface area contributed by atoms with Gasteiger partial charge < -0.3 is 20.1 Å². The zero-order valence-corrected chi connectivity index (χ0v) is 14.2. The lowest BCUT2D eigenvalue weighted by Gasteiger charge is -2.38. The highest BCUT2D eigenvalue weighted by Crippen LogP contribution is 2.40. The number of fused-ring (bicyclic) bond motifs is 3. The minimum atomic E-state index is -0.599.